The molecule has 0 saturated carbocycles. The minimum absolute atomic E-state index is 0.0413. The smallest absolute Gasteiger partial charge is 0.412 e. The van der Waals surface area contributed by atoms with Crippen molar-refractivity contribution < 1.29 is 28.5 Å². The summed E-state index contributed by atoms with van der Waals surface area (Å²) in [6.07, 6.45) is -0.719. The molecule has 0 aromatic heterocycles. The average molecular weight is 399 g/mol. The van der Waals surface area contributed by atoms with Gasteiger partial charge in [-0.15, -0.1) is 0 Å². The van der Waals surface area contributed by atoms with Crippen LogP contribution in [0.1, 0.15) is 50.8 Å². The predicted octanol–water partition coefficient (Wildman–Crippen LogP) is 5.01. The fourth-order valence-electron chi connectivity index (χ4n) is 3.57. The van der Waals surface area contributed by atoms with Crippen LogP contribution >= 0.6 is 0 Å². The van der Waals surface area contributed by atoms with E-state index in [9.17, 15) is 4.79 Å². The molecule has 7 nitrogen and oxygen atoms in total. The number of hydrogen-bond acceptors (Lipinski definition) is 6. The van der Waals surface area contributed by atoms with Crippen molar-refractivity contribution >= 4 is 11.8 Å². The van der Waals surface area contributed by atoms with Crippen molar-refractivity contribution in [2.45, 2.75) is 45.3 Å². The quantitative estimate of drug-likeness (QED) is 0.782. The summed E-state index contributed by atoms with van der Waals surface area (Å²) in [4.78, 5) is 12.2. The molecule has 29 heavy (non-hydrogen) atoms. The second-order valence-electron chi connectivity index (χ2n) is 8.16. The summed E-state index contributed by atoms with van der Waals surface area (Å²) < 4.78 is 28.0. The molecule has 2 aliphatic heterocycles. The van der Waals surface area contributed by atoms with Crippen LogP contribution in [0.15, 0.2) is 30.3 Å². The van der Waals surface area contributed by atoms with Gasteiger partial charge in [-0.05, 0) is 44.5 Å². The van der Waals surface area contributed by atoms with E-state index in [1.165, 1.54) is 0 Å². The molecule has 2 aromatic carbocycles. The summed E-state index contributed by atoms with van der Waals surface area (Å²) in [6, 6.07) is 9.45. The Bertz CT molecular complexity index is 949. The average Bonchev–Trinajstić information content (AvgIpc) is 3.23. The Kier molecular flexibility index (Phi) is 4.68. The van der Waals surface area contributed by atoms with Crippen molar-refractivity contribution in [3.05, 3.63) is 41.5 Å². The molecule has 2 aliphatic rings. The van der Waals surface area contributed by atoms with Crippen LogP contribution in [0.5, 0.6) is 23.0 Å². The zero-order chi connectivity index (χ0) is 20.8. The van der Waals surface area contributed by atoms with Crippen molar-refractivity contribution in [2.75, 3.05) is 19.2 Å². The molecule has 4 rings (SSSR count). The minimum atomic E-state index is -0.578. The standard InChI is InChI=1S/C22H25NO6/c1-12-15-9-14(23-21(24)29-22(2,3)4)10-18(25-5)20(15)28-19(12)13-6-7-16-17(8-13)27-11-26-16/h6-10,12,19H,11H2,1-5H3,(H,23,24)/t12-,19-/m0/s1. The first-order valence-electron chi connectivity index (χ1n) is 9.53. The van der Waals surface area contributed by atoms with Gasteiger partial charge < -0.3 is 23.7 Å². The van der Waals surface area contributed by atoms with Gasteiger partial charge in [0, 0.05) is 23.2 Å². The van der Waals surface area contributed by atoms with Gasteiger partial charge in [-0.3, -0.25) is 5.32 Å². The molecule has 0 spiro atoms. The Balaban J connectivity index is 1.61. The zero-order valence-corrected chi connectivity index (χ0v) is 17.2. The number of benzene rings is 2. The highest BCUT2D eigenvalue weighted by Gasteiger charge is 2.36. The lowest BCUT2D eigenvalue weighted by atomic mass is 9.92. The Hall–Kier alpha value is -3.09. The Labute approximate surface area is 169 Å². The van der Waals surface area contributed by atoms with Crippen LogP contribution in [0.4, 0.5) is 10.5 Å². The third-order valence-corrected chi connectivity index (χ3v) is 4.86. The van der Waals surface area contributed by atoms with Crippen molar-refractivity contribution in [3.63, 3.8) is 0 Å². The van der Waals surface area contributed by atoms with E-state index in [1.807, 2.05) is 45.0 Å². The number of ether oxygens (including phenoxy) is 5. The molecular weight excluding hydrogens is 374 g/mol. The molecule has 0 radical (unpaired) electrons. The topological polar surface area (TPSA) is 75.3 Å². The van der Waals surface area contributed by atoms with E-state index in [0.29, 0.717) is 22.9 Å². The highest BCUT2D eigenvalue weighted by molar-refractivity contribution is 5.86. The fraction of sp³-hybridized carbons (Fsp3) is 0.409. The number of methoxy groups -OCH3 is 1. The lowest BCUT2D eigenvalue weighted by molar-refractivity contribution is 0.0636. The molecule has 2 atom stereocenters. The van der Waals surface area contributed by atoms with E-state index in [4.69, 9.17) is 23.7 Å². The highest BCUT2D eigenvalue weighted by Crippen LogP contribution is 2.52. The minimum Gasteiger partial charge on any atom is -0.493 e. The Morgan fingerprint density at radius 2 is 1.90 bits per heavy atom. The van der Waals surface area contributed by atoms with Crippen LogP contribution in [0.25, 0.3) is 0 Å². The Morgan fingerprint density at radius 3 is 2.62 bits per heavy atom. The molecule has 0 saturated heterocycles. The second kappa shape index (κ2) is 7.06. The predicted molar refractivity (Wildman–Crippen MR) is 107 cm³/mol. The molecule has 1 amide bonds. The van der Waals surface area contributed by atoms with Crippen molar-refractivity contribution in [1.29, 1.82) is 0 Å². The first-order valence-corrected chi connectivity index (χ1v) is 9.53. The molecule has 2 aromatic rings. The molecule has 154 valence electrons. The maximum Gasteiger partial charge on any atom is 0.412 e. The maximum absolute atomic E-state index is 12.2. The first kappa shape index (κ1) is 19.2. The normalized spacial score (nSPS) is 19.3. The number of nitrogens with one attached hydrogen (secondary N) is 1. The monoisotopic (exact) mass is 399 g/mol. The summed E-state index contributed by atoms with van der Waals surface area (Å²) in [5, 5.41) is 2.78. The van der Waals surface area contributed by atoms with Gasteiger partial charge in [0.1, 0.15) is 11.7 Å². The first-order chi connectivity index (χ1) is 13.7. The number of hydrogen-bond donors (Lipinski definition) is 1. The summed E-state index contributed by atoms with van der Waals surface area (Å²) in [5.74, 6) is 2.73. The molecule has 0 unspecified atom stereocenters. The van der Waals surface area contributed by atoms with E-state index in [2.05, 4.69) is 12.2 Å². The van der Waals surface area contributed by atoms with E-state index in [0.717, 1.165) is 16.9 Å². The van der Waals surface area contributed by atoms with Gasteiger partial charge in [0.25, 0.3) is 0 Å². The molecule has 2 heterocycles. The van der Waals surface area contributed by atoms with Gasteiger partial charge in [-0.2, -0.15) is 0 Å². The second-order valence-corrected chi connectivity index (χ2v) is 8.16. The highest BCUT2D eigenvalue weighted by atomic mass is 16.7. The van der Waals surface area contributed by atoms with Crippen molar-refractivity contribution in [3.8, 4) is 23.0 Å². The van der Waals surface area contributed by atoms with Gasteiger partial charge in [0.05, 0.1) is 7.11 Å². The molecule has 1 N–H and O–H groups in total. The number of rotatable bonds is 3. The largest absolute Gasteiger partial charge is 0.493 e. The number of carbonyl (C=O) groups excluding carboxylic acids is 1. The summed E-state index contributed by atoms with van der Waals surface area (Å²) in [6.45, 7) is 7.77. The van der Waals surface area contributed by atoms with Crippen LogP contribution in [-0.2, 0) is 4.74 Å². The fourth-order valence-corrected chi connectivity index (χ4v) is 3.57. The number of carbonyl (C=O) groups is 1. The lowest BCUT2D eigenvalue weighted by Gasteiger charge is -2.20. The van der Waals surface area contributed by atoms with E-state index >= 15 is 0 Å². The third kappa shape index (κ3) is 3.77. The third-order valence-electron chi connectivity index (χ3n) is 4.86. The van der Waals surface area contributed by atoms with Gasteiger partial charge in [-0.25, -0.2) is 4.79 Å². The molecular formula is C22H25NO6. The van der Waals surface area contributed by atoms with Gasteiger partial charge in [0.2, 0.25) is 6.79 Å². The van der Waals surface area contributed by atoms with Crippen LogP contribution < -0.4 is 24.3 Å². The number of fused-ring (bicyclic) bond motifs is 2. The molecule has 0 fully saturated rings. The van der Waals surface area contributed by atoms with Gasteiger partial charge >= 0.3 is 6.09 Å². The van der Waals surface area contributed by atoms with Crippen LogP contribution in [0, 0.1) is 0 Å². The number of anilines is 1. The van der Waals surface area contributed by atoms with Crippen LogP contribution in [0.3, 0.4) is 0 Å². The maximum atomic E-state index is 12.2. The molecule has 0 aliphatic carbocycles. The van der Waals surface area contributed by atoms with Gasteiger partial charge in [0.15, 0.2) is 23.0 Å². The van der Waals surface area contributed by atoms with E-state index in [1.54, 1.807) is 13.2 Å². The summed E-state index contributed by atoms with van der Waals surface area (Å²) in [7, 11) is 1.58. The van der Waals surface area contributed by atoms with Crippen LogP contribution in [-0.4, -0.2) is 25.6 Å². The zero-order valence-electron chi connectivity index (χ0n) is 17.2. The SMILES string of the molecule is COc1cc(NC(=O)OC(C)(C)C)cc2c1O[C@H](c1ccc3c(c1)OCO3)[C@H]2C. The number of amides is 1. The van der Waals surface area contributed by atoms with Crippen molar-refractivity contribution in [1.82, 2.24) is 0 Å². The molecule has 0 bridgehead atoms. The lowest BCUT2D eigenvalue weighted by Crippen LogP contribution is -2.27. The van der Waals surface area contributed by atoms with Crippen LogP contribution in [0.2, 0.25) is 0 Å². The Morgan fingerprint density at radius 1 is 1.14 bits per heavy atom. The van der Waals surface area contributed by atoms with E-state index in [-0.39, 0.29) is 18.8 Å². The summed E-state index contributed by atoms with van der Waals surface area (Å²) >= 11 is 0. The summed E-state index contributed by atoms with van der Waals surface area (Å²) in [5.41, 5.74) is 1.96. The molecule has 7 heteroatoms. The van der Waals surface area contributed by atoms with Gasteiger partial charge in [-0.1, -0.05) is 13.0 Å². The van der Waals surface area contributed by atoms with Crippen molar-refractivity contribution in [2.24, 2.45) is 0 Å². The van der Waals surface area contributed by atoms with E-state index < -0.39 is 11.7 Å².